The van der Waals surface area contributed by atoms with Crippen molar-refractivity contribution >= 4 is 25.7 Å². The largest absolute Gasteiger partial charge is 1.00 e. The molecule has 0 radical (unpaired) electrons. The molecule has 0 aliphatic rings. The normalized spacial score (nSPS) is 8.82. The van der Waals surface area contributed by atoms with E-state index in [0.717, 1.165) is 25.7 Å². The number of esters is 2. The smallest absolute Gasteiger partial charge is 0.790 e. The maximum absolute atomic E-state index is 11.9. The van der Waals surface area contributed by atoms with Crippen LogP contribution in [-0.2, 0) is 32.9 Å². The van der Waals surface area contributed by atoms with Crippen molar-refractivity contribution in [1.29, 1.82) is 0 Å². The van der Waals surface area contributed by atoms with Crippen molar-refractivity contribution in [3.63, 3.8) is 0 Å². The minimum Gasteiger partial charge on any atom is -0.790 e. The Bertz CT molecular complexity index is 1240. The van der Waals surface area contributed by atoms with Gasteiger partial charge < -0.3 is 34.1 Å². The standard InChI is InChI=1S/C25H25O8P.C2H5NO.2Na.11H2/c1-3-5-7-9-10-11-12-13-14-16-17-19-24(26)31-21-23(22-32-34(28,29)30)33-25(27)20-18-15-8-6-4-2;1-2(3)4;;;;;;;;;;;;;/h23H,4,6,8,15,18,20-22H2,1-2H3,(H2,28,29,30);1H3,(H2,3,4);;;11*1H/q;;2*+1;;;;;;;;;;;/p-2/t23-;;;;;;;;;;;;;;/m0............../s1. The predicted octanol–water partition coefficient (Wildman–Crippen LogP) is -3.11. The number of primary amides is 1. The van der Waals surface area contributed by atoms with Gasteiger partial charge in [-0.15, -0.1) is 0 Å². The SMILES string of the molecule is CC#CC#CC#CC#CC#CC#CC(=O)OC[C@@H](COP(=O)([O-])[O-])OC(=O)CCCCCCC.CC(N)=O.[HH].[HH].[HH].[HH].[HH].[HH].[HH].[HH].[HH].[HH].[HH].[Na+].[Na+]. The summed E-state index contributed by atoms with van der Waals surface area (Å²) in [7, 11) is -5.30. The fourth-order valence-corrected chi connectivity index (χ4v) is 2.36. The van der Waals surface area contributed by atoms with Crippen LogP contribution in [0.4, 0.5) is 0 Å². The van der Waals surface area contributed by atoms with E-state index < -0.39 is 39.1 Å². The van der Waals surface area contributed by atoms with Crippen LogP contribution in [0.1, 0.15) is 75.0 Å². The van der Waals surface area contributed by atoms with Crippen LogP contribution in [0.3, 0.4) is 0 Å². The van der Waals surface area contributed by atoms with Gasteiger partial charge in [0.05, 0.1) is 14.4 Å². The van der Waals surface area contributed by atoms with E-state index in [4.69, 9.17) is 9.47 Å². The molecule has 10 nitrogen and oxygen atoms in total. The summed E-state index contributed by atoms with van der Waals surface area (Å²) in [5.41, 5.74) is 4.47. The first-order valence-corrected chi connectivity index (χ1v) is 12.7. The van der Waals surface area contributed by atoms with E-state index in [1.165, 1.54) is 6.92 Å². The molecule has 1 amide bonds. The minimum absolute atomic E-state index is 0. The van der Waals surface area contributed by atoms with Gasteiger partial charge in [-0.1, -0.05) is 38.5 Å². The number of nitrogens with two attached hydrogens (primary N) is 1. The molecule has 0 spiro atoms. The molecular weight excluding hydrogens is 559 g/mol. The molecule has 40 heavy (non-hydrogen) atoms. The second-order valence-electron chi connectivity index (χ2n) is 6.85. The molecule has 0 aliphatic carbocycles. The molecule has 0 aliphatic heterocycles. The number of carbonyl (C=O) groups is 3. The summed E-state index contributed by atoms with van der Waals surface area (Å²) in [4.78, 5) is 54.2. The van der Waals surface area contributed by atoms with Gasteiger partial charge in [0.15, 0.2) is 6.10 Å². The van der Waals surface area contributed by atoms with E-state index in [1.807, 2.05) is 0 Å². The fraction of sp³-hybridized carbons (Fsp3) is 0.444. The molecule has 2 N–H and O–H groups in total. The minimum atomic E-state index is -5.30. The molecule has 0 saturated carbocycles. The van der Waals surface area contributed by atoms with E-state index in [9.17, 15) is 28.7 Å². The zero-order valence-corrected chi connectivity index (χ0v) is 28.3. The number of ether oxygens (including phenoxy) is 2. The van der Waals surface area contributed by atoms with Crippen molar-refractivity contribution in [3.8, 4) is 71.0 Å². The second-order valence-corrected chi connectivity index (χ2v) is 8.01. The maximum Gasteiger partial charge on any atom is 1.00 e. The van der Waals surface area contributed by atoms with Crippen molar-refractivity contribution in [1.82, 2.24) is 0 Å². The molecule has 0 fully saturated rings. The van der Waals surface area contributed by atoms with Crippen LogP contribution < -0.4 is 74.6 Å². The molecule has 224 valence electrons. The molecule has 0 aromatic carbocycles. The van der Waals surface area contributed by atoms with E-state index in [1.54, 1.807) is 6.92 Å². The van der Waals surface area contributed by atoms with E-state index in [0.29, 0.717) is 6.42 Å². The number of hydrogen-bond donors (Lipinski definition) is 1. The van der Waals surface area contributed by atoms with E-state index in [-0.39, 0.29) is 87.1 Å². The Morgan fingerprint density at radius 2 is 1.32 bits per heavy atom. The summed E-state index contributed by atoms with van der Waals surface area (Å²) in [6.07, 6.45) is 3.33. The number of rotatable bonds is 12. The van der Waals surface area contributed by atoms with Gasteiger partial charge in [0, 0.05) is 35.0 Å². The van der Waals surface area contributed by atoms with Crippen molar-refractivity contribution in [2.24, 2.45) is 5.73 Å². The Balaban J connectivity index is -0.0000000555. The Morgan fingerprint density at radius 3 is 1.80 bits per heavy atom. The van der Waals surface area contributed by atoms with Crippen LogP contribution in [0.2, 0.25) is 0 Å². The summed E-state index contributed by atoms with van der Waals surface area (Å²) in [6.45, 7) is 3.68. The molecular formula is C27H50NNa2O9P. The van der Waals surface area contributed by atoms with Gasteiger partial charge in [-0.3, -0.25) is 9.59 Å². The van der Waals surface area contributed by atoms with E-state index >= 15 is 0 Å². The number of amides is 1. The van der Waals surface area contributed by atoms with Crippen LogP contribution >= 0.6 is 7.82 Å². The molecule has 0 bridgehead atoms. The van der Waals surface area contributed by atoms with Crippen LogP contribution in [0.25, 0.3) is 0 Å². The maximum atomic E-state index is 11.9. The average molecular weight is 610 g/mol. The van der Waals surface area contributed by atoms with Crippen molar-refractivity contribution in [2.45, 2.75) is 65.4 Å². The summed E-state index contributed by atoms with van der Waals surface area (Å²) >= 11 is 0. The third-order valence-corrected chi connectivity index (χ3v) is 3.92. The first-order chi connectivity index (χ1) is 18.0. The third kappa shape index (κ3) is 40.4. The summed E-state index contributed by atoms with van der Waals surface area (Å²) in [5, 5.41) is 0. The zero-order valence-electron chi connectivity index (χ0n) is 23.4. The zero-order chi connectivity index (χ0) is 29.1. The Labute approximate surface area is 297 Å². The molecule has 0 heterocycles. The molecule has 0 unspecified atom stereocenters. The van der Waals surface area contributed by atoms with Gasteiger partial charge in [-0.25, -0.2) is 4.79 Å². The van der Waals surface area contributed by atoms with Gasteiger partial charge >= 0.3 is 71.1 Å². The first kappa shape index (κ1) is 44.9. The summed E-state index contributed by atoms with van der Waals surface area (Å²) in [6, 6.07) is 0. The third-order valence-electron chi connectivity index (χ3n) is 3.45. The molecule has 0 saturated heterocycles. The van der Waals surface area contributed by atoms with Gasteiger partial charge in [0.1, 0.15) is 6.61 Å². The molecule has 0 aromatic rings. The first-order valence-electron chi connectivity index (χ1n) is 11.2. The monoisotopic (exact) mass is 609 g/mol. The van der Waals surface area contributed by atoms with Crippen LogP contribution in [0.15, 0.2) is 0 Å². The Kier molecular flexibility index (Phi) is 35.2. The van der Waals surface area contributed by atoms with Crippen molar-refractivity contribution < 1.29 is 118 Å². The Morgan fingerprint density at radius 1 is 0.850 bits per heavy atom. The topological polar surface area (TPSA) is 168 Å². The predicted molar refractivity (Wildman–Crippen MR) is 158 cm³/mol. The van der Waals surface area contributed by atoms with Crippen molar-refractivity contribution in [2.75, 3.05) is 13.2 Å². The van der Waals surface area contributed by atoms with Gasteiger partial charge in [0.25, 0.3) is 0 Å². The molecule has 0 rings (SSSR count). The number of phosphoric ester groups is 1. The van der Waals surface area contributed by atoms with Crippen LogP contribution in [0.5, 0.6) is 0 Å². The van der Waals surface area contributed by atoms with Gasteiger partial charge in [-0.05, 0) is 72.5 Å². The quantitative estimate of drug-likeness (QED) is 0.0602. The number of carbonyl (C=O) groups excluding carboxylic acids is 3. The summed E-state index contributed by atoms with van der Waals surface area (Å²) in [5.74, 6) is 26.6. The van der Waals surface area contributed by atoms with Crippen molar-refractivity contribution in [3.05, 3.63) is 0 Å². The van der Waals surface area contributed by atoms with Crippen LogP contribution in [-0.4, -0.2) is 37.2 Å². The second kappa shape index (κ2) is 31.4. The number of phosphoric acid groups is 1. The Hall–Kier alpha value is -2.12. The average Bonchev–Trinajstić information content (AvgIpc) is 2.83. The molecule has 1 atom stereocenters. The molecule has 0 aromatic heterocycles. The fourth-order valence-electron chi connectivity index (χ4n) is 2.01. The number of unbranched alkanes of at least 4 members (excludes halogenated alkanes) is 4. The number of hydrogen-bond acceptors (Lipinski definition) is 9. The summed E-state index contributed by atoms with van der Waals surface area (Å²) < 4.78 is 24.7. The van der Waals surface area contributed by atoms with Crippen LogP contribution in [0, 0.1) is 71.0 Å². The van der Waals surface area contributed by atoms with Gasteiger partial charge in [-0.2, -0.15) is 0 Å². The van der Waals surface area contributed by atoms with E-state index in [2.05, 4.69) is 88.2 Å². The van der Waals surface area contributed by atoms with Gasteiger partial charge in [0.2, 0.25) is 5.91 Å². The molecule has 13 heteroatoms.